The second-order valence-electron chi connectivity index (χ2n) is 2.76. The summed E-state index contributed by atoms with van der Waals surface area (Å²) in [5.74, 6) is 0.961. The molecule has 3 nitrogen and oxygen atoms in total. The monoisotopic (exact) mass is 212 g/mol. The van der Waals surface area contributed by atoms with E-state index in [9.17, 15) is 0 Å². The Labute approximate surface area is 80.3 Å². The van der Waals surface area contributed by atoms with Gasteiger partial charge < -0.3 is 13.3 Å². The number of alkyl halides is 1. The molecule has 1 unspecified atom stereocenters. The van der Waals surface area contributed by atoms with Crippen LogP contribution < -0.4 is 0 Å². The molecule has 5 heteroatoms. The van der Waals surface area contributed by atoms with Crippen LogP contribution >= 0.6 is 11.6 Å². The third-order valence-electron chi connectivity index (χ3n) is 1.79. The Bertz CT molecular complexity index is 111. The Morgan fingerprint density at radius 1 is 1.17 bits per heavy atom. The predicted molar refractivity (Wildman–Crippen MR) is 51.5 cm³/mol. The lowest BCUT2D eigenvalue weighted by molar-refractivity contribution is 0.120. The molecular formula is C7H17ClO3Si. The van der Waals surface area contributed by atoms with Gasteiger partial charge in [0, 0.05) is 33.3 Å². The highest BCUT2D eigenvalue weighted by Gasteiger charge is 2.38. The Hall–Kier alpha value is 0.387. The largest absolute Gasteiger partial charge is 0.500 e. The van der Waals surface area contributed by atoms with Gasteiger partial charge in [-0.25, -0.2) is 0 Å². The van der Waals surface area contributed by atoms with Crippen LogP contribution in [0.1, 0.15) is 6.92 Å². The van der Waals surface area contributed by atoms with Gasteiger partial charge in [0.1, 0.15) is 0 Å². The molecule has 0 rings (SSSR count). The van der Waals surface area contributed by atoms with Crippen molar-refractivity contribution in [2.24, 2.45) is 5.92 Å². The zero-order chi connectivity index (χ0) is 9.61. The van der Waals surface area contributed by atoms with Crippen LogP contribution in [0.5, 0.6) is 0 Å². The lowest BCUT2D eigenvalue weighted by atomic mass is 10.3. The van der Waals surface area contributed by atoms with E-state index in [0.717, 1.165) is 6.04 Å². The molecule has 0 aromatic rings. The van der Waals surface area contributed by atoms with Crippen LogP contribution in [0, 0.1) is 5.92 Å². The molecule has 1 atom stereocenters. The standard InChI is InChI=1S/C7H17ClO3Si/c1-7(5-8)6-12(9-2,10-3)11-4/h7H,5-6H2,1-4H3. The maximum atomic E-state index is 5.68. The van der Waals surface area contributed by atoms with Crippen molar-refractivity contribution in [3.63, 3.8) is 0 Å². The molecule has 0 radical (unpaired) electrons. The summed E-state index contributed by atoms with van der Waals surface area (Å²) in [6.45, 7) is 2.05. The smallest absolute Gasteiger partial charge is 0.377 e. The van der Waals surface area contributed by atoms with Crippen molar-refractivity contribution in [3.05, 3.63) is 0 Å². The van der Waals surface area contributed by atoms with E-state index in [0.29, 0.717) is 11.8 Å². The Kier molecular flexibility index (Phi) is 6.13. The summed E-state index contributed by atoms with van der Waals surface area (Å²) in [6, 6.07) is 0.764. The highest BCUT2D eigenvalue weighted by Crippen LogP contribution is 2.19. The lowest BCUT2D eigenvalue weighted by Gasteiger charge is -2.26. The van der Waals surface area contributed by atoms with Crippen LogP contribution in [0.25, 0.3) is 0 Å². The Balaban J connectivity index is 4.09. The molecule has 12 heavy (non-hydrogen) atoms. The first-order chi connectivity index (χ1) is 5.64. The molecule has 0 heterocycles. The first kappa shape index (κ1) is 12.4. The van der Waals surface area contributed by atoms with Gasteiger partial charge in [-0.05, 0) is 5.92 Å². The fourth-order valence-corrected chi connectivity index (χ4v) is 3.27. The quantitative estimate of drug-likeness (QED) is 0.496. The zero-order valence-electron chi connectivity index (χ0n) is 8.09. The van der Waals surface area contributed by atoms with Crippen molar-refractivity contribution in [3.8, 4) is 0 Å². The minimum atomic E-state index is -2.39. The second kappa shape index (κ2) is 5.94. The maximum absolute atomic E-state index is 5.68. The topological polar surface area (TPSA) is 27.7 Å². The maximum Gasteiger partial charge on any atom is 0.500 e. The first-order valence-electron chi connectivity index (χ1n) is 3.85. The third-order valence-corrected chi connectivity index (χ3v) is 5.38. The predicted octanol–water partition coefficient (Wildman–Crippen LogP) is 1.74. The van der Waals surface area contributed by atoms with E-state index in [2.05, 4.69) is 0 Å². The summed E-state index contributed by atoms with van der Waals surface area (Å²) in [5, 5.41) is 0. The van der Waals surface area contributed by atoms with Gasteiger partial charge in [0.2, 0.25) is 0 Å². The van der Waals surface area contributed by atoms with Gasteiger partial charge in [0.15, 0.2) is 0 Å². The van der Waals surface area contributed by atoms with Crippen molar-refractivity contribution in [1.29, 1.82) is 0 Å². The van der Waals surface area contributed by atoms with E-state index >= 15 is 0 Å². The molecule has 0 spiro atoms. The Morgan fingerprint density at radius 3 is 1.83 bits per heavy atom. The molecule has 0 saturated carbocycles. The summed E-state index contributed by atoms with van der Waals surface area (Å²) < 4.78 is 15.7. The molecule has 0 aliphatic heterocycles. The highest BCUT2D eigenvalue weighted by molar-refractivity contribution is 6.60. The van der Waals surface area contributed by atoms with Crippen molar-refractivity contribution >= 4 is 20.4 Å². The van der Waals surface area contributed by atoms with Crippen LogP contribution in [0.15, 0.2) is 0 Å². The van der Waals surface area contributed by atoms with Crippen LogP contribution in [0.2, 0.25) is 6.04 Å². The molecule has 0 aliphatic rings. The highest BCUT2D eigenvalue weighted by atomic mass is 35.5. The van der Waals surface area contributed by atoms with E-state index < -0.39 is 8.80 Å². The Morgan fingerprint density at radius 2 is 1.58 bits per heavy atom. The fraction of sp³-hybridized carbons (Fsp3) is 1.00. The molecule has 0 aromatic carbocycles. The summed E-state index contributed by atoms with van der Waals surface area (Å²) in [4.78, 5) is 0. The van der Waals surface area contributed by atoms with Crippen LogP contribution in [0.3, 0.4) is 0 Å². The number of hydrogen-bond donors (Lipinski definition) is 0. The SMILES string of the molecule is CO[Si](CC(C)CCl)(OC)OC. The molecule has 0 bridgehead atoms. The van der Waals surface area contributed by atoms with Gasteiger partial charge in [-0.1, -0.05) is 6.92 Å². The van der Waals surface area contributed by atoms with E-state index in [4.69, 9.17) is 24.9 Å². The van der Waals surface area contributed by atoms with Gasteiger partial charge in [-0.2, -0.15) is 0 Å². The summed E-state index contributed by atoms with van der Waals surface area (Å²) in [6.07, 6.45) is 0. The molecule has 0 aliphatic carbocycles. The van der Waals surface area contributed by atoms with Crippen LogP contribution in [-0.2, 0) is 13.3 Å². The molecule has 0 saturated heterocycles. The van der Waals surface area contributed by atoms with Gasteiger partial charge in [0.05, 0.1) is 0 Å². The second-order valence-corrected chi connectivity index (χ2v) is 6.07. The minimum Gasteiger partial charge on any atom is -0.377 e. The normalized spacial score (nSPS) is 14.8. The zero-order valence-corrected chi connectivity index (χ0v) is 9.85. The number of halogens is 1. The fourth-order valence-electron chi connectivity index (χ4n) is 0.981. The van der Waals surface area contributed by atoms with Crippen LogP contribution in [-0.4, -0.2) is 36.0 Å². The van der Waals surface area contributed by atoms with Crippen LogP contribution in [0.4, 0.5) is 0 Å². The molecule has 0 aromatic heterocycles. The van der Waals surface area contributed by atoms with E-state index in [1.807, 2.05) is 6.92 Å². The molecule has 74 valence electrons. The van der Waals surface area contributed by atoms with Crippen molar-refractivity contribution in [1.82, 2.24) is 0 Å². The average Bonchev–Trinajstić information content (AvgIpc) is 2.14. The molecule has 0 fully saturated rings. The van der Waals surface area contributed by atoms with Gasteiger partial charge in [-0.15, -0.1) is 11.6 Å². The molecular weight excluding hydrogens is 196 g/mol. The summed E-state index contributed by atoms with van der Waals surface area (Å²) in [5.41, 5.74) is 0. The minimum absolute atomic E-state index is 0.359. The van der Waals surface area contributed by atoms with E-state index in [-0.39, 0.29) is 0 Å². The summed E-state index contributed by atoms with van der Waals surface area (Å²) >= 11 is 5.68. The van der Waals surface area contributed by atoms with Gasteiger partial charge >= 0.3 is 8.80 Å². The van der Waals surface area contributed by atoms with E-state index in [1.54, 1.807) is 21.3 Å². The number of hydrogen-bond acceptors (Lipinski definition) is 3. The van der Waals surface area contributed by atoms with Crippen molar-refractivity contribution in [2.45, 2.75) is 13.0 Å². The third kappa shape index (κ3) is 3.41. The molecule has 0 N–H and O–H groups in total. The molecule has 0 amide bonds. The average molecular weight is 213 g/mol. The number of rotatable bonds is 6. The van der Waals surface area contributed by atoms with Crippen molar-refractivity contribution < 1.29 is 13.3 Å². The van der Waals surface area contributed by atoms with Crippen molar-refractivity contribution in [2.75, 3.05) is 27.2 Å². The lowest BCUT2D eigenvalue weighted by Crippen LogP contribution is -2.44. The summed E-state index contributed by atoms with van der Waals surface area (Å²) in [7, 11) is 2.45. The first-order valence-corrected chi connectivity index (χ1v) is 6.32. The van der Waals surface area contributed by atoms with Gasteiger partial charge in [0.25, 0.3) is 0 Å². The van der Waals surface area contributed by atoms with E-state index in [1.165, 1.54) is 0 Å². The van der Waals surface area contributed by atoms with Gasteiger partial charge in [-0.3, -0.25) is 0 Å².